The summed E-state index contributed by atoms with van der Waals surface area (Å²) in [5.41, 5.74) is 3.65. The molecule has 3 aromatic rings. The van der Waals surface area contributed by atoms with Crippen molar-refractivity contribution >= 4 is 11.6 Å². The van der Waals surface area contributed by atoms with Gasteiger partial charge in [-0.3, -0.25) is 9.78 Å². The van der Waals surface area contributed by atoms with Crippen LogP contribution in [0.1, 0.15) is 33.6 Å². The van der Waals surface area contributed by atoms with Crippen molar-refractivity contribution in [3.8, 4) is 23.0 Å². The smallest absolute Gasteiger partial charge is 0.261 e. The number of nitrogens with zero attached hydrogens (tertiary/aromatic N) is 2. The number of amides is 1. The molecule has 3 heterocycles. The van der Waals surface area contributed by atoms with Crippen molar-refractivity contribution in [1.29, 1.82) is 0 Å². The van der Waals surface area contributed by atoms with Crippen LogP contribution in [0.4, 0.5) is 5.69 Å². The molecule has 2 aliphatic rings. The van der Waals surface area contributed by atoms with E-state index in [4.69, 9.17) is 18.9 Å². The Morgan fingerprint density at radius 1 is 1.18 bits per heavy atom. The van der Waals surface area contributed by atoms with Gasteiger partial charge in [0.2, 0.25) is 0 Å². The standard InChI is InChI=1S/C29H33N3O7/c1-36-10-11-38-23-12-19-5-8-32(16-24(19)25(15-23)31-21-6-9-37-17-21)29(35)28-26(34)13-22(33)14-27(28)39-18-20-4-2-3-7-30-20/h2-4,7,12-15,21,31,33-34H,5-6,8-11,16-18H2,1H3/t21-/m1/s1. The summed E-state index contributed by atoms with van der Waals surface area (Å²) >= 11 is 0. The first-order valence-corrected chi connectivity index (χ1v) is 13.0. The average Bonchev–Trinajstić information content (AvgIpc) is 3.45. The van der Waals surface area contributed by atoms with Crippen LogP contribution in [-0.2, 0) is 29.0 Å². The molecule has 10 heteroatoms. The Kier molecular flexibility index (Phi) is 8.33. The molecule has 1 saturated heterocycles. The Hall–Kier alpha value is -4.02. The molecule has 1 atom stereocenters. The average molecular weight is 536 g/mol. The van der Waals surface area contributed by atoms with Gasteiger partial charge in [0.15, 0.2) is 0 Å². The number of nitrogens with one attached hydrogen (secondary N) is 1. The van der Waals surface area contributed by atoms with Crippen LogP contribution in [0.2, 0.25) is 0 Å². The number of pyridine rings is 1. The first-order valence-electron chi connectivity index (χ1n) is 13.0. The zero-order chi connectivity index (χ0) is 27.2. The molecule has 0 unspecified atom stereocenters. The molecule has 2 aromatic carbocycles. The highest BCUT2D eigenvalue weighted by molar-refractivity contribution is 6.00. The topological polar surface area (TPSA) is 123 Å². The van der Waals surface area contributed by atoms with Crippen LogP contribution in [0.5, 0.6) is 23.0 Å². The number of hydrogen-bond acceptors (Lipinski definition) is 9. The van der Waals surface area contributed by atoms with E-state index in [1.165, 1.54) is 6.07 Å². The van der Waals surface area contributed by atoms with E-state index in [1.54, 1.807) is 30.3 Å². The van der Waals surface area contributed by atoms with Gasteiger partial charge in [-0.2, -0.15) is 0 Å². The Labute approximate surface area is 227 Å². The lowest BCUT2D eigenvalue weighted by Crippen LogP contribution is -2.37. The number of carbonyl (C=O) groups excluding carboxylic acids is 1. The third-order valence-corrected chi connectivity index (χ3v) is 6.83. The molecule has 1 aromatic heterocycles. The summed E-state index contributed by atoms with van der Waals surface area (Å²) in [4.78, 5) is 19.7. The van der Waals surface area contributed by atoms with Gasteiger partial charge >= 0.3 is 0 Å². The number of ether oxygens (including phenoxy) is 4. The lowest BCUT2D eigenvalue weighted by molar-refractivity contribution is 0.0726. The van der Waals surface area contributed by atoms with Gasteiger partial charge in [0, 0.05) is 56.9 Å². The van der Waals surface area contributed by atoms with Gasteiger partial charge in [-0.15, -0.1) is 0 Å². The highest BCUT2D eigenvalue weighted by Gasteiger charge is 2.30. The molecule has 0 saturated carbocycles. The number of hydrogen-bond donors (Lipinski definition) is 3. The predicted octanol–water partition coefficient (Wildman–Crippen LogP) is 3.50. The van der Waals surface area contributed by atoms with Gasteiger partial charge in [-0.1, -0.05) is 6.07 Å². The zero-order valence-corrected chi connectivity index (χ0v) is 21.9. The van der Waals surface area contributed by atoms with E-state index < -0.39 is 0 Å². The summed E-state index contributed by atoms with van der Waals surface area (Å²) in [5.74, 6) is -0.0871. The third kappa shape index (κ3) is 6.35. The first kappa shape index (κ1) is 26.6. The number of anilines is 1. The fraction of sp³-hybridized carbons (Fsp3) is 0.379. The highest BCUT2D eigenvalue weighted by Crippen LogP contribution is 2.37. The number of aromatic hydroxyl groups is 2. The molecule has 1 amide bonds. The molecule has 206 valence electrons. The molecule has 0 radical (unpaired) electrons. The highest BCUT2D eigenvalue weighted by atomic mass is 16.5. The number of carbonyl (C=O) groups is 1. The van der Waals surface area contributed by atoms with Gasteiger partial charge in [0.1, 0.15) is 41.8 Å². The summed E-state index contributed by atoms with van der Waals surface area (Å²) in [7, 11) is 1.63. The largest absolute Gasteiger partial charge is 0.508 e. The molecule has 0 spiro atoms. The molecular weight excluding hydrogens is 502 g/mol. The van der Waals surface area contributed by atoms with E-state index in [-0.39, 0.29) is 41.4 Å². The Bertz CT molecular complexity index is 1300. The van der Waals surface area contributed by atoms with Crippen LogP contribution >= 0.6 is 0 Å². The summed E-state index contributed by atoms with van der Waals surface area (Å²) in [6.45, 7) is 3.10. The minimum atomic E-state index is -0.384. The Morgan fingerprint density at radius 3 is 2.85 bits per heavy atom. The summed E-state index contributed by atoms with van der Waals surface area (Å²) in [6.07, 6.45) is 3.15. The van der Waals surface area contributed by atoms with Crippen molar-refractivity contribution in [2.75, 3.05) is 45.4 Å². The second kappa shape index (κ2) is 12.2. The van der Waals surface area contributed by atoms with Crippen LogP contribution < -0.4 is 14.8 Å². The fourth-order valence-corrected chi connectivity index (χ4v) is 4.84. The minimum absolute atomic E-state index is 0.00500. The molecular formula is C29H33N3O7. The Balaban J connectivity index is 1.40. The van der Waals surface area contributed by atoms with Gasteiger partial charge in [0.05, 0.1) is 24.9 Å². The zero-order valence-electron chi connectivity index (χ0n) is 21.9. The van der Waals surface area contributed by atoms with Gasteiger partial charge in [-0.25, -0.2) is 0 Å². The molecule has 2 aliphatic heterocycles. The van der Waals surface area contributed by atoms with E-state index >= 15 is 0 Å². The minimum Gasteiger partial charge on any atom is -0.508 e. The molecule has 0 bridgehead atoms. The van der Waals surface area contributed by atoms with E-state index in [9.17, 15) is 15.0 Å². The molecule has 5 rings (SSSR count). The monoisotopic (exact) mass is 535 g/mol. The number of benzene rings is 2. The van der Waals surface area contributed by atoms with Crippen molar-refractivity contribution in [2.45, 2.75) is 32.0 Å². The van der Waals surface area contributed by atoms with E-state index in [1.807, 2.05) is 18.2 Å². The van der Waals surface area contributed by atoms with Gasteiger partial charge in [0.25, 0.3) is 5.91 Å². The maximum atomic E-state index is 13.8. The number of phenolic OH excluding ortho intramolecular Hbond substituents is 2. The van der Waals surface area contributed by atoms with Crippen molar-refractivity contribution in [1.82, 2.24) is 9.88 Å². The third-order valence-electron chi connectivity index (χ3n) is 6.83. The normalized spacial score (nSPS) is 16.5. The SMILES string of the molecule is COCCOc1cc2c(c(N[C@@H]3CCOC3)c1)CN(C(=O)c1c(O)cc(O)cc1OCc1ccccn1)CC2. The molecule has 10 nitrogen and oxygen atoms in total. The van der Waals surface area contributed by atoms with Crippen molar-refractivity contribution in [3.05, 3.63) is 71.0 Å². The van der Waals surface area contributed by atoms with E-state index in [2.05, 4.69) is 10.3 Å². The predicted molar refractivity (Wildman–Crippen MR) is 143 cm³/mol. The summed E-state index contributed by atoms with van der Waals surface area (Å²) < 4.78 is 22.4. The van der Waals surface area contributed by atoms with Gasteiger partial charge < -0.3 is 39.4 Å². The van der Waals surface area contributed by atoms with Crippen molar-refractivity contribution < 1.29 is 34.0 Å². The number of methoxy groups -OCH3 is 1. The molecule has 39 heavy (non-hydrogen) atoms. The molecule has 1 fully saturated rings. The first-order chi connectivity index (χ1) is 19.0. The van der Waals surface area contributed by atoms with Crippen LogP contribution in [0.15, 0.2) is 48.7 Å². The summed E-state index contributed by atoms with van der Waals surface area (Å²) in [5, 5.41) is 24.4. The fourth-order valence-electron chi connectivity index (χ4n) is 4.84. The second-order valence-corrected chi connectivity index (χ2v) is 9.58. The van der Waals surface area contributed by atoms with Crippen LogP contribution in [0.3, 0.4) is 0 Å². The Morgan fingerprint density at radius 2 is 2.08 bits per heavy atom. The number of fused-ring (bicyclic) bond motifs is 1. The van der Waals surface area contributed by atoms with Crippen LogP contribution in [0, 0.1) is 0 Å². The summed E-state index contributed by atoms with van der Waals surface area (Å²) in [6, 6.07) is 12.1. The van der Waals surface area contributed by atoms with Crippen molar-refractivity contribution in [2.24, 2.45) is 0 Å². The van der Waals surface area contributed by atoms with Crippen LogP contribution in [-0.4, -0.2) is 72.1 Å². The lowest BCUT2D eigenvalue weighted by Gasteiger charge is -2.32. The van der Waals surface area contributed by atoms with E-state index in [0.29, 0.717) is 51.6 Å². The number of aromatic nitrogens is 1. The van der Waals surface area contributed by atoms with Crippen LogP contribution in [0.25, 0.3) is 0 Å². The quantitative estimate of drug-likeness (QED) is 0.335. The second-order valence-electron chi connectivity index (χ2n) is 9.58. The van der Waals surface area contributed by atoms with Crippen molar-refractivity contribution in [3.63, 3.8) is 0 Å². The maximum Gasteiger partial charge on any atom is 0.261 e. The van der Waals surface area contributed by atoms with E-state index in [0.717, 1.165) is 35.1 Å². The van der Waals surface area contributed by atoms with Gasteiger partial charge in [-0.05, 0) is 42.2 Å². The number of phenols is 2. The lowest BCUT2D eigenvalue weighted by atomic mass is 9.96. The molecule has 3 N–H and O–H groups in total. The maximum absolute atomic E-state index is 13.8. The molecule has 0 aliphatic carbocycles. The number of rotatable bonds is 10.